The highest BCUT2D eigenvalue weighted by Gasteiger charge is 2.54. The first-order valence-electron chi connectivity index (χ1n) is 14.0. The first kappa shape index (κ1) is 28.2. The lowest BCUT2D eigenvalue weighted by Crippen LogP contribution is -2.33. The monoisotopic (exact) mass is 530 g/mol. The largest absolute Gasteiger partial charge is 0.507 e. The second-order valence-electron chi connectivity index (χ2n) is 10.3. The van der Waals surface area contributed by atoms with E-state index < -0.39 is 17.5 Å². The van der Waals surface area contributed by atoms with Crippen LogP contribution >= 0.6 is 0 Å². The summed E-state index contributed by atoms with van der Waals surface area (Å²) < 4.78 is 6.36. The van der Waals surface area contributed by atoms with Gasteiger partial charge in [-0.1, -0.05) is 77.6 Å². The number of aromatic hydroxyl groups is 2. The number of phenols is 2. The quantitative estimate of drug-likeness (QED) is 0.229. The molecule has 0 saturated carbocycles. The second-order valence-corrected chi connectivity index (χ2v) is 10.3. The zero-order valence-electron chi connectivity index (χ0n) is 23.3. The average molecular weight is 531 g/mol. The number of phenolic OH excluding ortho intramolecular Hbond substituents is 2. The van der Waals surface area contributed by atoms with Gasteiger partial charge in [-0.3, -0.25) is 0 Å². The summed E-state index contributed by atoms with van der Waals surface area (Å²) >= 11 is 0. The Morgan fingerprint density at radius 3 is 1.67 bits per heavy atom. The van der Waals surface area contributed by atoms with Gasteiger partial charge in [-0.25, -0.2) is 9.59 Å². The summed E-state index contributed by atoms with van der Waals surface area (Å²) in [6.45, 7) is 8.27. The molecule has 0 radical (unpaired) electrons. The highest BCUT2D eigenvalue weighted by Crippen LogP contribution is 2.55. The fraction of sp³-hybridized carbons (Fsp3) is 0.394. The Kier molecular flexibility index (Phi) is 8.34. The molecular weight excluding hydrogens is 492 g/mol. The van der Waals surface area contributed by atoms with Gasteiger partial charge in [-0.05, 0) is 66.1 Å². The number of aromatic carboxylic acids is 1. The molecule has 1 heterocycles. The van der Waals surface area contributed by atoms with E-state index in [2.05, 4.69) is 27.7 Å². The summed E-state index contributed by atoms with van der Waals surface area (Å²) in [6.07, 6.45) is 6.08. The van der Waals surface area contributed by atoms with Crippen LogP contribution in [0.3, 0.4) is 0 Å². The Morgan fingerprint density at radius 2 is 1.23 bits per heavy atom. The number of carboxylic acids is 1. The molecule has 39 heavy (non-hydrogen) atoms. The number of ether oxygens (including phenoxy) is 1. The summed E-state index contributed by atoms with van der Waals surface area (Å²) in [7, 11) is 0. The van der Waals surface area contributed by atoms with Crippen molar-refractivity contribution in [1.82, 2.24) is 0 Å². The van der Waals surface area contributed by atoms with Gasteiger partial charge in [0.15, 0.2) is 5.60 Å². The number of esters is 1. The number of rotatable bonds is 11. The summed E-state index contributed by atoms with van der Waals surface area (Å²) in [5.74, 6) is -2.13. The van der Waals surface area contributed by atoms with Crippen LogP contribution in [0.15, 0.2) is 42.5 Å². The summed E-state index contributed by atoms with van der Waals surface area (Å²) in [5.41, 5.74) is 3.02. The van der Waals surface area contributed by atoms with E-state index in [9.17, 15) is 24.9 Å². The third kappa shape index (κ3) is 4.66. The number of carbonyl (C=O) groups excluding carboxylic acids is 1. The van der Waals surface area contributed by atoms with Crippen molar-refractivity contribution in [2.24, 2.45) is 0 Å². The fourth-order valence-corrected chi connectivity index (χ4v) is 6.21. The van der Waals surface area contributed by atoms with Crippen molar-refractivity contribution in [3.05, 3.63) is 92.5 Å². The molecule has 0 saturated heterocycles. The van der Waals surface area contributed by atoms with E-state index in [-0.39, 0.29) is 22.6 Å². The van der Waals surface area contributed by atoms with Crippen LogP contribution in [0.4, 0.5) is 0 Å². The summed E-state index contributed by atoms with van der Waals surface area (Å²) in [4.78, 5) is 25.9. The number of carboxylic acid groups (broad SMARTS) is 1. The SMILES string of the molecule is CCCc1ccc(O)c(C2(c3c(O)ccc(CCC)c3CCC)OC(=O)c3c(C(=O)O)cccc32)c1CCC. The van der Waals surface area contributed by atoms with Gasteiger partial charge in [-0.15, -0.1) is 0 Å². The highest BCUT2D eigenvalue weighted by atomic mass is 16.6. The molecule has 0 spiro atoms. The second kappa shape index (κ2) is 11.5. The maximum atomic E-state index is 13.7. The molecule has 0 aromatic heterocycles. The van der Waals surface area contributed by atoms with Gasteiger partial charge in [0, 0.05) is 5.56 Å². The van der Waals surface area contributed by atoms with Crippen molar-refractivity contribution in [2.75, 3.05) is 0 Å². The summed E-state index contributed by atoms with van der Waals surface area (Å²) in [5, 5.41) is 33.2. The van der Waals surface area contributed by atoms with Crippen molar-refractivity contribution in [3.8, 4) is 11.5 Å². The van der Waals surface area contributed by atoms with Crippen molar-refractivity contribution >= 4 is 11.9 Å². The van der Waals surface area contributed by atoms with Crippen LogP contribution in [-0.4, -0.2) is 27.3 Å². The molecule has 3 N–H and O–H groups in total. The van der Waals surface area contributed by atoms with Gasteiger partial charge in [0.1, 0.15) is 11.5 Å². The van der Waals surface area contributed by atoms with E-state index in [0.717, 1.165) is 60.8 Å². The Balaban J connectivity index is 2.27. The third-order valence-corrected chi connectivity index (χ3v) is 7.64. The molecule has 0 amide bonds. The van der Waals surface area contributed by atoms with Gasteiger partial charge in [0.2, 0.25) is 0 Å². The van der Waals surface area contributed by atoms with Gasteiger partial charge in [0.25, 0.3) is 0 Å². The maximum Gasteiger partial charge on any atom is 0.341 e. The minimum absolute atomic E-state index is 0.0458. The molecular formula is C33H38O6. The third-order valence-electron chi connectivity index (χ3n) is 7.64. The highest BCUT2D eigenvalue weighted by molar-refractivity contribution is 6.06. The number of hydrogen-bond acceptors (Lipinski definition) is 5. The minimum atomic E-state index is -1.71. The van der Waals surface area contributed by atoms with Gasteiger partial charge < -0.3 is 20.1 Å². The van der Waals surface area contributed by atoms with Crippen molar-refractivity contribution < 1.29 is 29.6 Å². The Labute approximate surface area is 230 Å². The molecule has 3 aromatic rings. The van der Waals surface area contributed by atoms with Crippen LogP contribution in [0.1, 0.15) is 113 Å². The lowest BCUT2D eigenvalue weighted by atomic mass is 9.72. The van der Waals surface area contributed by atoms with Crippen LogP contribution < -0.4 is 0 Å². The van der Waals surface area contributed by atoms with E-state index in [1.807, 2.05) is 12.1 Å². The molecule has 0 bridgehead atoms. The Hall–Kier alpha value is -3.80. The molecule has 0 aliphatic carbocycles. The van der Waals surface area contributed by atoms with E-state index >= 15 is 0 Å². The van der Waals surface area contributed by atoms with Gasteiger partial charge >= 0.3 is 11.9 Å². The normalized spacial score (nSPS) is 13.8. The van der Waals surface area contributed by atoms with E-state index in [0.29, 0.717) is 29.5 Å². The van der Waals surface area contributed by atoms with Crippen LogP contribution in [0.5, 0.6) is 11.5 Å². The van der Waals surface area contributed by atoms with Crippen LogP contribution in [0.25, 0.3) is 0 Å². The van der Waals surface area contributed by atoms with Crippen molar-refractivity contribution in [3.63, 3.8) is 0 Å². The minimum Gasteiger partial charge on any atom is -0.507 e. The molecule has 0 fully saturated rings. The summed E-state index contributed by atoms with van der Waals surface area (Å²) in [6, 6.07) is 11.7. The maximum absolute atomic E-state index is 13.7. The van der Waals surface area contributed by atoms with E-state index in [4.69, 9.17) is 4.74 Å². The molecule has 3 aromatic carbocycles. The lowest BCUT2D eigenvalue weighted by molar-refractivity contribution is 0.0231. The number of cyclic esters (lactones) is 1. The van der Waals surface area contributed by atoms with Gasteiger partial charge in [0.05, 0.1) is 22.3 Å². The number of hydrogen-bond donors (Lipinski definition) is 3. The molecule has 1 aliphatic rings. The number of fused-ring (bicyclic) bond motifs is 1. The molecule has 6 nitrogen and oxygen atoms in total. The average Bonchev–Trinajstić information content (AvgIpc) is 3.20. The Morgan fingerprint density at radius 1 is 0.744 bits per heavy atom. The lowest BCUT2D eigenvalue weighted by Gasteiger charge is -2.36. The first-order chi connectivity index (χ1) is 18.8. The zero-order valence-corrected chi connectivity index (χ0v) is 23.3. The predicted octanol–water partition coefficient (Wildman–Crippen LogP) is 7.07. The number of aryl methyl sites for hydroxylation is 2. The first-order valence-corrected chi connectivity index (χ1v) is 14.0. The van der Waals surface area contributed by atoms with E-state index in [1.54, 1.807) is 24.3 Å². The Bertz CT molecular complexity index is 1340. The van der Waals surface area contributed by atoms with E-state index in [1.165, 1.54) is 6.07 Å². The number of benzene rings is 3. The smallest absolute Gasteiger partial charge is 0.341 e. The zero-order chi connectivity index (χ0) is 28.3. The molecule has 4 rings (SSSR count). The topological polar surface area (TPSA) is 104 Å². The van der Waals surface area contributed by atoms with Crippen LogP contribution in [0, 0.1) is 0 Å². The standard InChI is InChI=1S/C33H38O6/c1-5-10-20-16-18-26(34)29(22(20)12-7-3)33(25-15-9-14-24(31(36)37)28(25)32(38)39-33)30-23(13-8-4)21(11-6-2)17-19-27(30)35/h9,14-19,34-35H,5-8,10-13H2,1-4H3,(H,36,37). The van der Waals surface area contributed by atoms with Gasteiger partial charge in [-0.2, -0.15) is 0 Å². The van der Waals surface area contributed by atoms with Crippen LogP contribution in [-0.2, 0) is 36.0 Å². The molecule has 206 valence electrons. The van der Waals surface area contributed by atoms with Crippen molar-refractivity contribution in [2.45, 2.75) is 84.7 Å². The molecule has 0 unspecified atom stereocenters. The molecule has 1 aliphatic heterocycles. The molecule has 0 atom stereocenters. The van der Waals surface area contributed by atoms with Crippen molar-refractivity contribution in [1.29, 1.82) is 0 Å². The molecule has 6 heteroatoms. The predicted molar refractivity (Wildman–Crippen MR) is 151 cm³/mol. The number of carbonyl (C=O) groups is 2. The van der Waals surface area contributed by atoms with Crippen LogP contribution in [0.2, 0.25) is 0 Å². The fourth-order valence-electron chi connectivity index (χ4n) is 6.21.